The Labute approximate surface area is 188 Å². The lowest BCUT2D eigenvalue weighted by Gasteiger charge is -2.35. The predicted octanol–water partition coefficient (Wildman–Crippen LogP) is 2.45. The van der Waals surface area contributed by atoms with Crippen LogP contribution in [0.15, 0.2) is 65.1 Å². The summed E-state index contributed by atoms with van der Waals surface area (Å²) in [6.07, 6.45) is 0. The molecule has 10 heteroatoms. The lowest BCUT2D eigenvalue weighted by Crippen LogP contribution is -2.40. The Hall–Kier alpha value is -4.52. The molecule has 33 heavy (non-hydrogen) atoms. The molecule has 1 atom stereocenters. The molecule has 2 heterocycles. The zero-order valence-electron chi connectivity index (χ0n) is 17.6. The van der Waals surface area contributed by atoms with E-state index in [2.05, 4.69) is 0 Å². The third-order valence-electron chi connectivity index (χ3n) is 5.29. The number of allylic oxidation sites excluding steroid dienone is 1. The van der Waals surface area contributed by atoms with E-state index >= 15 is 0 Å². The van der Waals surface area contributed by atoms with Gasteiger partial charge in [0.15, 0.2) is 11.5 Å². The van der Waals surface area contributed by atoms with Gasteiger partial charge in [0.05, 0.1) is 37.4 Å². The van der Waals surface area contributed by atoms with Gasteiger partial charge in [-0.25, -0.2) is 14.0 Å². The van der Waals surface area contributed by atoms with E-state index < -0.39 is 23.7 Å². The molecule has 0 aliphatic carbocycles. The minimum atomic E-state index is -1.07. The van der Waals surface area contributed by atoms with E-state index in [1.165, 1.54) is 17.0 Å². The van der Waals surface area contributed by atoms with Gasteiger partial charge in [0.2, 0.25) is 6.79 Å². The third kappa shape index (κ3) is 3.59. The zero-order chi connectivity index (χ0) is 23.7. The van der Waals surface area contributed by atoms with Gasteiger partial charge in [-0.05, 0) is 42.0 Å². The molecule has 168 valence electrons. The molecule has 0 saturated carbocycles. The van der Waals surface area contributed by atoms with Crippen molar-refractivity contribution < 1.29 is 32.9 Å². The maximum atomic E-state index is 13.6. The number of halogens is 1. The molecule has 0 amide bonds. The summed E-state index contributed by atoms with van der Waals surface area (Å²) >= 11 is 0. The maximum absolute atomic E-state index is 13.6. The van der Waals surface area contributed by atoms with Crippen molar-refractivity contribution in [2.75, 3.05) is 25.9 Å². The first-order valence-corrected chi connectivity index (χ1v) is 9.67. The highest BCUT2D eigenvalue weighted by Gasteiger charge is 2.43. The van der Waals surface area contributed by atoms with Crippen LogP contribution in [0.2, 0.25) is 0 Å². The van der Waals surface area contributed by atoms with Gasteiger partial charge in [0.25, 0.3) is 0 Å². The molecule has 0 aromatic heterocycles. The fourth-order valence-electron chi connectivity index (χ4n) is 3.82. The molecular formula is C23H18FN3O6. The van der Waals surface area contributed by atoms with Crippen LogP contribution in [0, 0.1) is 17.1 Å². The lowest BCUT2D eigenvalue weighted by atomic mass is 9.80. The number of benzene rings is 2. The van der Waals surface area contributed by atoms with Gasteiger partial charge in [0, 0.05) is 5.69 Å². The van der Waals surface area contributed by atoms with Crippen LogP contribution in [0.5, 0.6) is 11.5 Å². The van der Waals surface area contributed by atoms with E-state index in [0.717, 1.165) is 26.4 Å². The van der Waals surface area contributed by atoms with Crippen LogP contribution < -0.4 is 20.1 Å². The average molecular weight is 451 g/mol. The van der Waals surface area contributed by atoms with E-state index in [-0.39, 0.29) is 35.1 Å². The minimum Gasteiger partial charge on any atom is -0.466 e. The van der Waals surface area contributed by atoms with Gasteiger partial charge in [-0.15, -0.1) is 0 Å². The number of carbonyl (C=O) groups excluding carboxylic acids is 2. The molecule has 0 unspecified atom stereocenters. The molecule has 2 aromatic rings. The van der Waals surface area contributed by atoms with Crippen LogP contribution in [0.3, 0.4) is 0 Å². The Morgan fingerprint density at radius 2 is 1.76 bits per heavy atom. The summed E-state index contributed by atoms with van der Waals surface area (Å²) in [6.45, 7) is 0.0258. The highest BCUT2D eigenvalue weighted by Crippen LogP contribution is 2.45. The molecule has 9 nitrogen and oxygen atoms in total. The third-order valence-corrected chi connectivity index (χ3v) is 5.29. The fraction of sp³-hybridized carbons (Fsp3) is 0.174. The number of ether oxygens (including phenoxy) is 4. The smallest absolute Gasteiger partial charge is 0.355 e. The number of nitriles is 1. The maximum Gasteiger partial charge on any atom is 0.355 e. The Balaban J connectivity index is 2.02. The predicted molar refractivity (Wildman–Crippen MR) is 112 cm³/mol. The summed E-state index contributed by atoms with van der Waals surface area (Å²) in [4.78, 5) is 27.1. The molecule has 0 spiro atoms. The van der Waals surface area contributed by atoms with Crippen molar-refractivity contribution in [2.24, 2.45) is 5.73 Å². The van der Waals surface area contributed by atoms with Crippen molar-refractivity contribution in [3.05, 3.63) is 76.5 Å². The molecule has 0 bridgehead atoms. The van der Waals surface area contributed by atoms with E-state index in [9.17, 15) is 19.2 Å². The second-order valence-corrected chi connectivity index (χ2v) is 7.01. The Bertz CT molecular complexity index is 1250. The average Bonchev–Trinajstić information content (AvgIpc) is 3.31. The van der Waals surface area contributed by atoms with E-state index in [1.54, 1.807) is 18.2 Å². The van der Waals surface area contributed by atoms with Crippen molar-refractivity contribution in [3.63, 3.8) is 0 Å². The van der Waals surface area contributed by atoms with Crippen molar-refractivity contribution in [1.29, 1.82) is 5.26 Å². The molecule has 0 saturated heterocycles. The standard InChI is InChI=1S/C23H18FN3O6/c1-30-22(28)19-18(12-3-8-16-17(9-12)33-11-32-16)15(10-25)21(26)27(20(19)23(29)31-2)14-6-4-13(24)5-7-14/h3-9,18H,11,26H2,1-2H3/t18-/m0/s1. The van der Waals surface area contributed by atoms with Crippen LogP contribution in [-0.2, 0) is 19.1 Å². The van der Waals surface area contributed by atoms with Crippen LogP contribution in [0.25, 0.3) is 0 Å². The molecule has 0 fully saturated rings. The highest BCUT2D eigenvalue weighted by molar-refractivity contribution is 6.06. The van der Waals surface area contributed by atoms with E-state index in [4.69, 9.17) is 24.7 Å². The number of anilines is 1. The lowest BCUT2D eigenvalue weighted by molar-refractivity contribution is -0.139. The second kappa shape index (κ2) is 8.55. The number of hydrogen-bond acceptors (Lipinski definition) is 9. The van der Waals surface area contributed by atoms with Crippen LogP contribution in [0.1, 0.15) is 11.5 Å². The molecule has 4 rings (SSSR count). The normalized spacial score (nSPS) is 17.0. The van der Waals surface area contributed by atoms with Crippen LogP contribution in [0.4, 0.5) is 10.1 Å². The number of nitrogens with zero attached hydrogens (tertiary/aromatic N) is 2. The number of fused-ring (bicyclic) bond motifs is 1. The van der Waals surface area contributed by atoms with Crippen molar-refractivity contribution in [1.82, 2.24) is 0 Å². The number of rotatable bonds is 4. The summed E-state index contributed by atoms with van der Waals surface area (Å²) < 4.78 is 34.2. The number of carbonyl (C=O) groups is 2. The zero-order valence-corrected chi connectivity index (χ0v) is 17.6. The second-order valence-electron chi connectivity index (χ2n) is 7.01. The van der Waals surface area contributed by atoms with Gasteiger partial charge < -0.3 is 24.7 Å². The largest absolute Gasteiger partial charge is 0.466 e. The minimum absolute atomic E-state index is 0.0220. The summed E-state index contributed by atoms with van der Waals surface area (Å²) in [5, 5.41) is 10.0. The summed E-state index contributed by atoms with van der Waals surface area (Å²) in [6, 6.07) is 11.9. The SMILES string of the molecule is COC(=O)C1=C(C(=O)OC)N(c2ccc(F)cc2)C(N)=C(C#N)[C@@H]1c1ccc2c(c1)OCO2. The molecule has 2 aliphatic rings. The Kier molecular flexibility index (Phi) is 5.62. The molecule has 2 aromatic carbocycles. The molecule has 2 N–H and O–H groups in total. The summed E-state index contributed by atoms with van der Waals surface area (Å²) in [5.74, 6) is -2.57. The Morgan fingerprint density at radius 3 is 2.39 bits per heavy atom. The number of methoxy groups -OCH3 is 2. The van der Waals surface area contributed by atoms with Crippen LogP contribution >= 0.6 is 0 Å². The van der Waals surface area contributed by atoms with Gasteiger partial charge in [-0.1, -0.05) is 6.07 Å². The number of esters is 2. The van der Waals surface area contributed by atoms with Gasteiger partial charge in [0.1, 0.15) is 17.3 Å². The van der Waals surface area contributed by atoms with Crippen LogP contribution in [-0.4, -0.2) is 33.0 Å². The molecule has 0 radical (unpaired) electrons. The first-order chi connectivity index (χ1) is 15.9. The van der Waals surface area contributed by atoms with Gasteiger partial charge in [-0.3, -0.25) is 4.90 Å². The van der Waals surface area contributed by atoms with Gasteiger partial charge >= 0.3 is 11.9 Å². The van der Waals surface area contributed by atoms with E-state index in [1.807, 2.05) is 6.07 Å². The molecule has 2 aliphatic heterocycles. The van der Waals surface area contributed by atoms with Crippen molar-refractivity contribution in [2.45, 2.75) is 5.92 Å². The van der Waals surface area contributed by atoms with Crippen molar-refractivity contribution >= 4 is 17.6 Å². The number of nitrogens with two attached hydrogens (primary N) is 1. The Morgan fingerprint density at radius 1 is 1.09 bits per heavy atom. The number of hydrogen-bond donors (Lipinski definition) is 1. The van der Waals surface area contributed by atoms with Gasteiger partial charge in [-0.2, -0.15) is 5.26 Å². The summed E-state index contributed by atoms with van der Waals surface area (Å²) in [5.41, 5.74) is 6.61. The monoisotopic (exact) mass is 451 g/mol. The van der Waals surface area contributed by atoms with Crippen molar-refractivity contribution in [3.8, 4) is 17.6 Å². The highest BCUT2D eigenvalue weighted by atomic mass is 19.1. The first-order valence-electron chi connectivity index (χ1n) is 9.67. The first kappa shape index (κ1) is 21.7. The quantitative estimate of drug-likeness (QED) is 0.698. The summed E-state index contributed by atoms with van der Waals surface area (Å²) in [7, 11) is 2.29. The van der Waals surface area contributed by atoms with E-state index in [0.29, 0.717) is 17.1 Å². The molecular weight excluding hydrogens is 433 g/mol. The topological polar surface area (TPSA) is 124 Å². The fourth-order valence-corrected chi connectivity index (χ4v) is 3.82.